The van der Waals surface area contributed by atoms with Gasteiger partial charge in [0.2, 0.25) is 16.0 Å². The van der Waals surface area contributed by atoms with Crippen LogP contribution in [0.4, 0.5) is 16.0 Å². The van der Waals surface area contributed by atoms with Gasteiger partial charge in [-0.3, -0.25) is 4.72 Å². The summed E-state index contributed by atoms with van der Waals surface area (Å²) in [5.41, 5.74) is 0.760. The van der Waals surface area contributed by atoms with E-state index < -0.39 is 21.9 Å². The highest BCUT2D eigenvalue weighted by Crippen LogP contribution is 2.44. The van der Waals surface area contributed by atoms with Gasteiger partial charge < -0.3 is 15.2 Å². The molecule has 0 saturated carbocycles. The van der Waals surface area contributed by atoms with Gasteiger partial charge in [0.25, 0.3) is 0 Å². The monoisotopic (exact) mass is 549 g/mol. The zero-order chi connectivity index (χ0) is 26.6. The van der Waals surface area contributed by atoms with E-state index in [4.69, 9.17) is 9.72 Å². The number of halogens is 1. The van der Waals surface area contributed by atoms with Crippen LogP contribution in [0.25, 0.3) is 21.8 Å². The van der Waals surface area contributed by atoms with Crippen LogP contribution in [0.1, 0.15) is 45.0 Å². The Morgan fingerprint density at radius 3 is 2.70 bits per heavy atom. The fourth-order valence-corrected chi connectivity index (χ4v) is 6.44. The van der Waals surface area contributed by atoms with Gasteiger partial charge in [0.1, 0.15) is 0 Å². The highest BCUT2D eigenvalue weighted by molar-refractivity contribution is 7.92. The predicted octanol–water partition coefficient (Wildman–Crippen LogP) is 4.42. The molecule has 0 unspecified atom stereocenters. The second-order valence-electron chi connectivity index (χ2n) is 9.45. The van der Waals surface area contributed by atoms with Crippen LogP contribution >= 0.6 is 11.3 Å². The summed E-state index contributed by atoms with van der Waals surface area (Å²) in [7, 11) is -3.68. The fourth-order valence-electron chi connectivity index (χ4n) is 4.06. The Labute approximate surface area is 220 Å². The normalized spacial score (nSPS) is 16.4. The zero-order valence-electron chi connectivity index (χ0n) is 21.1. The summed E-state index contributed by atoms with van der Waals surface area (Å²) in [5, 5.41) is 13.4. The Kier molecular flexibility index (Phi) is 8.42. The van der Waals surface area contributed by atoms with E-state index >= 15 is 4.39 Å². The van der Waals surface area contributed by atoms with Crippen LogP contribution in [0.2, 0.25) is 0 Å². The number of thiazole rings is 1. The number of aromatic nitrogens is 3. The molecule has 1 aliphatic heterocycles. The number of aliphatic hydroxyl groups excluding tert-OH is 1. The molecule has 2 aromatic heterocycles. The summed E-state index contributed by atoms with van der Waals surface area (Å²) < 4.78 is 48.4. The molecule has 9 nitrogen and oxygen atoms in total. The van der Waals surface area contributed by atoms with E-state index in [-0.39, 0.29) is 29.0 Å². The van der Waals surface area contributed by atoms with Crippen molar-refractivity contribution in [1.82, 2.24) is 15.0 Å². The van der Waals surface area contributed by atoms with Crippen molar-refractivity contribution in [1.29, 1.82) is 0 Å². The van der Waals surface area contributed by atoms with Crippen LogP contribution < -0.4 is 10.0 Å². The highest BCUT2D eigenvalue weighted by Gasteiger charge is 2.34. The van der Waals surface area contributed by atoms with Gasteiger partial charge in [-0.15, -0.1) is 11.3 Å². The number of hydrogen-bond donors (Lipinski definition) is 3. The lowest BCUT2D eigenvalue weighted by molar-refractivity contribution is 0.0564. The third-order valence-corrected chi connectivity index (χ3v) is 9.04. The van der Waals surface area contributed by atoms with E-state index in [0.29, 0.717) is 41.8 Å². The van der Waals surface area contributed by atoms with Crippen molar-refractivity contribution < 1.29 is 22.7 Å². The lowest BCUT2D eigenvalue weighted by Crippen LogP contribution is -2.30. The lowest BCUT2D eigenvalue weighted by atomic mass is 9.83. The smallest absolute Gasteiger partial charge is 0.232 e. The molecule has 12 heteroatoms. The topological polar surface area (TPSA) is 126 Å². The van der Waals surface area contributed by atoms with Crippen LogP contribution in [0, 0.1) is 5.82 Å². The predicted molar refractivity (Wildman–Crippen MR) is 144 cm³/mol. The molecular formula is C25H32FN5O4S2. The van der Waals surface area contributed by atoms with Crippen LogP contribution in [0.15, 0.2) is 30.5 Å². The maximum absolute atomic E-state index is 15.8. The molecule has 1 atom stereocenters. The number of benzene rings is 1. The van der Waals surface area contributed by atoms with Gasteiger partial charge >= 0.3 is 0 Å². The van der Waals surface area contributed by atoms with Crippen molar-refractivity contribution >= 4 is 33.0 Å². The molecule has 0 aliphatic carbocycles. The van der Waals surface area contributed by atoms with E-state index in [1.54, 1.807) is 38.2 Å². The van der Waals surface area contributed by atoms with Crippen LogP contribution in [-0.2, 0) is 20.2 Å². The van der Waals surface area contributed by atoms with Crippen molar-refractivity contribution in [3.05, 3.63) is 41.3 Å². The quantitative estimate of drug-likeness (QED) is 0.339. The molecule has 1 aliphatic rings. The van der Waals surface area contributed by atoms with Crippen molar-refractivity contribution in [2.24, 2.45) is 0 Å². The Morgan fingerprint density at radius 1 is 1.24 bits per heavy atom. The largest absolute Gasteiger partial charge is 0.392 e. The average Bonchev–Trinajstić information content (AvgIpc) is 3.31. The summed E-state index contributed by atoms with van der Waals surface area (Å²) in [4.78, 5) is 14.4. The molecule has 0 amide bonds. The molecule has 1 saturated heterocycles. The van der Waals surface area contributed by atoms with Gasteiger partial charge in [0.15, 0.2) is 5.82 Å². The first-order valence-corrected chi connectivity index (χ1v) is 14.7. The minimum absolute atomic E-state index is 0.105. The summed E-state index contributed by atoms with van der Waals surface area (Å²) in [5.74, 6) is -0.469. The Balaban J connectivity index is 1.82. The molecule has 3 heterocycles. The first-order chi connectivity index (χ1) is 17.6. The third kappa shape index (κ3) is 6.43. The molecule has 4 rings (SSSR count). The number of aliphatic hydroxyl groups is 1. The van der Waals surface area contributed by atoms with Gasteiger partial charge in [0, 0.05) is 36.9 Å². The van der Waals surface area contributed by atoms with Gasteiger partial charge in [-0.25, -0.2) is 27.8 Å². The van der Waals surface area contributed by atoms with Crippen LogP contribution in [0.5, 0.6) is 0 Å². The van der Waals surface area contributed by atoms with E-state index in [1.807, 2.05) is 0 Å². The van der Waals surface area contributed by atoms with E-state index in [1.165, 1.54) is 17.4 Å². The molecule has 200 valence electrons. The minimum atomic E-state index is -3.68. The fraction of sp³-hybridized carbons (Fsp3) is 0.480. The Bertz CT molecular complexity index is 1340. The SMILES string of the molecule is CCCS(=O)(=O)Nc1cccc(-c2nc(C3(C)CCOCC3)sc2-c2ccnc(NC[C@@H](C)O)n2)c1F. The highest BCUT2D eigenvalue weighted by atomic mass is 32.2. The van der Waals surface area contributed by atoms with E-state index in [2.05, 4.69) is 26.9 Å². The zero-order valence-corrected chi connectivity index (χ0v) is 22.8. The lowest BCUT2D eigenvalue weighted by Gasteiger charge is -2.31. The number of rotatable bonds is 10. The average molecular weight is 550 g/mol. The number of nitrogens with one attached hydrogen (secondary N) is 2. The second kappa shape index (κ2) is 11.4. The van der Waals surface area contributed by atoms with E-state index in [0.717, 1.165) is 17.8 Å². The Morgan fingerprint density at radius 2 is 2.00 bits per heavy atom. The van der Waals surface area contributed by atoms with Gasteiger partial charge in [-0.1, -0.05) is 19.9 Å². The number of hydrogen-bond acceptors (Lipinski definition) is 9. The molecule has 1 aromatic carbocycles. The molecule has 0 spiro atoms. The molecular weight excluding hydrogens is 517 g/mol. The molecule has 37 heavy (non-hydrogen) atoms. The van der Waals surface area contributed by atoms with E-state index in [9.17, 15) is 13.5 Å². The minimum Gasteiger partial charge on any atom is -0.392 e. The molecule has 3 N–H and O–H groups in total. The summed E-state index contributed by atoms with van der Waals surface area (Å²) in [6, 6.07) is 6.33. The van der Waals surface area contributed by atoms with Crippen molar-refractivity contribution in [3.63, 3.8) is 0 Å². The number of anilines is 2. The van der Waals surface area contributed by atoms with Crippen molar-refractivity contribution in [2.75, 3.05) is 35.6 Å². The van der Waals surface area contributed by atoms with Crippen molar-refractivity contribution in [2.45, 2.75) is 51.6 Å². The first kappa shape index (κ1) is 27.4. The maximum Gasteiger partial charge on any atom is 0.232 e. The van der Waals surface area contributed by atoms with Gasteiger partial charge in [-0.2, -0.15) is 0 Å². The van der Waals surface area contributed by atoms with Gasteiger partial charge in [-0.05, 0) is 44.4 Å². The molecule has 1 fully saturated rings. The summed E-state index contributed by atoms with van der Waals surface area (Å²) in [6.45, 7) is 7.04. The number of nitrogens with zero attached hydrogens (tertiary/aromatic N) is 3. The van der Waals surface area contributed by atoms with Crippen molar-refractivity contribution in [3.8, 4) is 21.8 Å². The van der Waals surface area contributed by atoms with Crippen LogP contribution in [0.3, 0.4) is 0 Å². The molecule has 0 bridgehead atoms. The molecule has 0 radical (unpaired) electrons. The second-order valence-corrected chi connectivity index (χ2v) is 12.3. The number of sulfonamides is 1. The van der Waals surface area contributed by atoms with Gasteiger partial charge in [0.05, 0.1) is 38.8 Å². The maximum atomic E-state index is 15.8. The summed E-state index contributed by atoms with van der Waals surface area (Å²) >= 11 is 1.44. The summed E-state index contributed by atoms with van der Waals surface area (Å²) in [6.07, 6.45) is 2.99. The Hall–Kier alpha value is -2.67. The number of ether oxygens (including phenoxy) is 1. The third-order valence-electron chi connectivity index (χ3n) is 6.18. The molecule has 3 aromatic rings. The first-order valence-electron chi connectivity index (χ1n) is 12.3. The standard InChI is InChI=1S/C25H32FN5O4S2/c1-4-14-37(33,34)31-18-7-5-6-17(20(18)26)21-22(19-8-11-27-24(29-19)28-15-16(2)32)36-23(30-21)25(3)9-12-35-13-10-25/h5-8,11,16,31-32H,4,9-10,12-15H2,1-3H3,(H,27,28,29)/t16-/m1/s1. The van der Waals surface area contributed by atoms with Crippen LogP contribution in [-0.4, -0.2) is 60.1 Å².